The lowest BCUT2D eigenvalue weighted by molar-refractivity contribution is -0.141. The summed E-state index contributed by atoms with van der Waals surface area (Å²) in [6, 6.07) is 24.8. The molecule has 0 aliphatic rings. The molecule has 0 aromatic heterocycles. The molecule has 0 radical (unpaired) electrons. The Morgan fingerprint density at radius 2 is 1.32 bits per heavy atom. The number of esters is 1. The third-order valence-electron chi connectivity index (χ3n) is 5.44. The van der Waals surface area contributed by atoms with Gasteiger partial charge < -0.3 is 9.47 Å². The molecular formula is C26H25BrO4. The fraction of sp³-hybridized carbons (Fsp3) is 0.231. The van der Waals surface area contributed by atoms with E-state index in [0.717, 1.165) is 21.3 Å². The first kappa shape index (κ1) is 22.8. The number of carbonyl (C=O) groups is 2. The van der Waals surface area contributed by atoms with Crippen molar-refractivity contribution < 1.29 is 19.1 Å². The largest absolute Gasteiger partial charge is 0.497 e. The highest BCUT2D eigenvalue weighted by molar-refractivity contribution is 9.10. The van der Waals surface area contributed by atoms with Crippen molar-refractivity contribution in [2.45, 2.75) is 24.7 Å². The molecular weight excluding hydrogens is 456 g/mol. The molecule has 3 aromatic carbocycles. The zero-order valence-corrected chi connectivity index (χ0v) is 19.2. The molecule has 0 N–H and O–H groups in total. The molecule has 0 saturated carbocycles. The first-order valence-corrected chi connectivity index (χ1v) is 10.9. The summed E-state index contributed by atoms with van der Waals surface area (Å²) in [6.45, 7) is 0. The lowest BCUT2D eigenvalue weighted by atomic mass is 9.76. The molecule has 5 heteroatoms. The minimum absolute atomic E-state index is 0.0388. The first-order chi connectivity index (χ1) is 15.0. The number of carbonyl (C=O) groups excluding carboxylic acids is 2. The third-order valence-corrected chi connectivity index (χ3v) is 5.97. The zero-order chi connectivity index (χ0) is 22.2. The predicted molar refractivity (Wildman–Crippen MR) is 125 cm³/mol. The van der Waals surface area contributed by atoms with E-state index >= 15 is 0 Å². The molecule has 0 heterocycles. The van der Waals surface area contributed by atoms with Crippen LogP contribution in [-0.2, 0) is 9.53 Å². The SMILES string of the molecule is COC(=O)C[C@@H](c1ccc(OC)cc1)[C@H](CC(=O)c1ccccc1)c1ccc(Br)cc1. The molecule has 0 aliphatic carbocycles. The maximum Gasteiger partial charge on any atom is 0.306 e. The summed E-state index contributed by atoms with van der Waals surface area (Å²) in [5.41, 5.74) is 2.62. The van der Waals surface area contributed by atoms with Gasteiger partial charge in [0.2, 0.25) is 0 Å². The van der Waals surface area contributed by atoms with Crippen LogP contribution in [0.2, 0.25) is 0 Å². The number of methoxy groups -OCH3 is 2. The van der Waals surface area contributed by atoms with E-state index in [9.17, 15) is 9.59 Å². The molecule has 3 aromatic rings. The van der Waals surface area contributed by atoms with Crippen LogP contribution in [-0.4, -0.2) is 26.0 Å². The fourth-order valence-electron chi connectivity index (χ4n) is 3.75. The molecule has 0 bridgehead atoms. The van der Waals surface area contributed by atoms with E-state index < -0.39 is 0 Å². The molecule has 0 fully saturated rings. The number of ketones is 1. The maximum atomic E-state index is 13.1. The van der Waals surface area contributed by atoms with Crippen molar-refractivity contribution in [3.05, 3.63) is 100 Å². The van der Waals surface area contributed by atoms with Gasteiger partial charge in [0.1, 0.15) is 5.75 Å². The number of hydrogen-bond acceptors (Lipinski definition) is 4. The standard InChI is InChI=1S/C26H25BrO4/c1-30-22-14-10-19(11-15-22)24(17-26(29)31-2)23(18-8-12-21(27)13-9-18)16-25(28)20-6-4-3-5-7-20/h3-15,23-24H,16-17H2,1-2H3/t23-,24+/m1/s1. The number of Topliss-reactive ketones (excluding diaryl/α,β-unsaturated/α-hetero) is 1. The summed E-state index contributed by atoms with van der Waals surface area (Å²) >= 11 is 3.48. The minimum Gasteiger partial charge on any atom is -0.497 e. The van der Waals surface area contributed by atoms with Gasteiger partial charge in [0, 0.05) is 22.4 Å². The van der Waals surface area contributed by atoms with Crippen molar-refractivity contribution >= 4 is 27.7 Å². The number of hydrogen-bond donors (Lipinski definition) is 0. The molecule has 31 heavy (non-hydrogen) atoms. The summed E-state index contributed by atoms with van der Waals surface area (Å²) in [6.07, 6.45) is 0.449. The summed E-state index contributed by atoms with van der Waals surface area (Å²) in [4.78, 5) is 25.5. The predicted octanol–water partition coefficient (Wildman–Crippen LogP) is 6.16. The molecule has 0 spiro atoms. The first-order valence-electron chi connectivity index (χ1n) is 10.1. The lowest BCUT2D eigenvalue weighted by Crippen LogP contribution is -2.19. The van der Waals surface area contributed by atoms with Crippen LogP contribution in [0.3, 0.4) is 0 Å². The van der Waals surface area contributed by atoms with Crippen LogP contribution in [0.25, 0.3) is 0 Å². The summed E-state index contributed by atoms with van der Waals surface area (Å²) in [5.74, 6) is 0.0357. The molecule has 160 valence electrons. The lowest BCUT2D eigenvalue weighted by Gasteiger charge is -2.27. The highest BCUT2D eigenvalue weighted by Gasteiger charge is 2.30. The summed E-state index contributed by atoms with van der Waals surface area (Å²) in [7, 11) is 3.00. The topological polar surface area (TPSA) is 52.6 Å². The van der Waals surface area contributed by atoms with E-state index in [4.69, 9.17) is 9.47 Å². The van der Waals surface area contributed by atoms with Gasteiger partial charge in [-0.1, -0.05) is 70.5 Å². The quantitative estimate of drug-likeness (QED) is 0.271. The highest BCUT2D eigenvalue weighted by Crippen LogP contribution is 2.40. The van der Waals surface area contributed by atoms with Crippen LogP contribution in [0.15, 0.2) is 83.3 Å². The van der Waals surface area contributed by atoms with Crippen molar-refractivity contribution in [3.8, 4) is 5.75 Å². The van der Waals surface area contributed by atoms with Crippen molar-refractivity contribution in [1.29, 1.82) is 0 Å². The summed E-state index contributed by atoms with van der Waals surface area (Å²) in [5, 5.41) is 0. The Balaban J connectivity index is 2.03. The van der Waals surface area contributed by atoms with Gasteiger partial charge in [0.25, 0.3) is 0 Å². The van der Waals surface area contributed by atoms with Gasteiger partial charge in [-0.05, 0) is 41.3 Å². The Morgan fingerprint density at radius 3 is 1.87 bits per heavy atom. The second-order valence-corrected chi connectivity index (χ2v) is 8.23. The number of rotatable bonds is 9. The Morgan fingerprint density at radius 1 is 0.774 bits per heavy atom. The van der Waals surface area contributed by atoms with Crippen molar-refractivity contribution in [2.75, 3.05) is 14.2 Å². The summed E-state index contributed by atoms with van der Waals surface area (Å²) < 4.78 is 11.2. The van der Waals surface area contributed by atoms with Crippen molar-refractivity contribution in [2.24, 2.45) is 0 Å². The van der Waals surface area contributed by atoms with Gasteiger partial charge in [0.15, 0.2) is 5.78 Å². The third kappa shape index (κ3) is 6.05. The van der Waals surface area contributed by atoms with Crippen LogP contribution in [0.5, 0.6) is 5.75 Å². The average molecular weight is 481 g/mol. The highest BCUT2D eigenvalue weighted by atomic mass is 79.9. The van der Waals surface area contributed by atoms with Crippen LogP contribution in [0.1, 0.15) is 46.2 Å². The monoisotopic (exact) mass is 480 g/mol. The van der Waals surface area contributed by atoms with Gasteiger partial charge in [-0.2, -0.15) is 0 Å². The smallest absolute Gasteiger partial charge is 0.306 e. The van der Waals surface area contributed by atoms with E-state index in [1.54, 1.807) is 7.11 Å². The Kier molecular flexibility index (Phi) is 8.01. The van der Waals surface area contributed by atoms with E-state index in [2.05, 4.69) is 15.9 Å². The maximum absolute atomic E-state index is 13.1. The van der Waals surface area contributed by atoms with E-state index in [0.29, 0.717) is 5.56 Å². The Bertz CT molecular complexity index is 998. The number of ether oxygens (including phenoxy) is 2. The van der Waals surface area contributed by atoms with E-state index in [1.165, 1.54) is 7.11 Å². The van der Waals surface area contributed by atoms with E-state index in [1.807, 2.05) is 78.9 Å². The zero-order valence-electron chi connectivity index (χ0n) is 17.6. The molecule has 0 saturated heterocycles. The second-order valence-electron chi connectivity index (χ2n) is 7.31. The van der Waals surface area contributed by atoms with Crippen LogP contribution in [0, 0.1) is 0 Å². The number of benzene rings is 3. The molecule has 0 aliphatic heterocycles. The molecule has 0 unspecified atom stereocenters. The van der Waals surface area contributed by atoms with Crippen LogP contribution in [0.4, 0.5) is 0 Å². The van der Waals surface area contributed by atoms with Crippen LogP contribution >= 0.6 is 15.9 Å². The molecule has 3 rings (SSSR count). The Labute approximate surface area is 191 Å². The van der Waals surface area contributed by atoms with Gasteiger partial charge in [0.05, 0.1) is 20.6 Å². The van der Waals surface area contributed by atoms with Crippen molar-refractivity contribution in [3.63, 3.8) is 0 Å². The minimum atomic E-state index is -0.310. The Hall–Kier alpha value is -2.92. The average Bonchev–Trinajstić information content (AvgIpc) is 2.82. The molecule has 2 atom stereocenters. The molecule has 0 amide bonds. The second kappa shape index (κ2) is 10.9. The van der Waals surface area contributed by atoms with Gasteiger partial charge in [-0.3, -0.25) is 9.59 Å². The molecule has 4 nitrogen and oxygen atoms in total. The van der Waals surface area contributed by atoms with Gasteiger partial charge in [-0.25, -0.2) is 0 Å². The van der Waals surface area contributed by atoms with Gasteiger partial charge in [-0.15, -0.1) is 0 Å². The van der Waals surface area contributed by atoms with Crippen molar-refractivity contribution in [1.82, 2.24) is 0 Å². The van der Waals surface area contributed by atoms with Crippen LogP contribution < -0.4 is 4.74 Å². The normalized spacial score (nSPS) is 12.6. The van der Waals surface area contributed by atoms with E-state index in [-0.39, 0.29) is 36.4 Å². The number of halogens is 1. The van der Waals surface area contributed by atoms with Gasteiger partial charge >= 0.3 is 5.97 Å². The fourth-order valence-corrected chi connectivity index (χ4v) is 4.01.